The summed E-state index contributed by atoms with van der Waals surface area (Å²) in [5.74, 6) is -2.54. The monoisotopic (exact) mass is 312 g/mol. The van der Waals surface area contributed by atoms with E-state index in [1.807, 2.05) is 4.72 Å². The molecule has 9 heteroatoms. The minimum atomic E-state index is -4.36. The number of nitrogens with one attached hydrogen (secondary N) is 1. The molecule has 0 aliphatic heterocycles. The molecule has 0 aliphatic carbocycles. The average molecular weight is 312 g/mol. The molecule has 0 heterocycles. The third-order valence-corrected chi connectivity index (χ3v) is 5.19. The molecule has 3 N–H and O–H groups in total. The Kier molecular flexibility index (Phi) is 4.99. The molecule has 2 unspecified atom stereocenters. The van der Waals surface area contributed by atoms with Crippen LogP contribution < -0.4 is 10.5 Å². The average Bonchev–Trinajstić information content (AvgIpc) is 2.23. The number of sulfonamides is 1. The van der Waals surface area contributed by atoms with Crippen LogP contribution in [0.25, 0.3) is 0 Å². The summed E-state index contributed by atoms with van der Waals surface area (Å²) in [7, 11) is -5.61. The quantitative estimate of drug-likeness (QED) is 0.779. The molecule has 0 saturated heterocycles. The van der Waals surface area contributed by atoms with Gasteiger partial charge < -0.3 is 5.73 Å². The molecule has 0 spiro atoms. The van der Waals surface area contributed by atoms with E-state index in [9.17, 15) is 21.4 Å². The van der Waals surface area contributed by atoms with Crippen LogP contribution >= 0.6 is 0 Å². The third-order valence-electron chi connectivity index (χ3n) is 2.42. The third kappa shape index (κ3) is 3.95. The smallest absolute Gasteiger partial charge is 0.246 e. The van der Waals surface area contributed by atoms with Crippen LogP contribution in [-0.4, -0.2) is 30.7 Å². The van der Waals surface area contributed by atoms with E-state index in [0.717, 1.165) is 12.1 Å². The lowest BCUT2D eigenvalue weighted by Crippen LogP contribution is -2.33. The summed E-state index contributed by atoms with van der Waals surface area (Å²) < 4.78 is 63.6. The Hall–Kier alpha value is -1.06. The van der Waals surface area contributed by atoms with Crippen molar-refractivity contribution in [3.63, 3.8) is 0 Å². The van der Waals surface area contributed by atoms with Gasteiger partial charge in [0.2, 0.25) is 10.0 Å². The first-order chi connectivity index (χ1) is 8.65. The SMILES string of the molecule is CC(CNS(=O)(=O)c1c(F)cc(N)cc1F)S(C)=O. The lowest BCUT2D eigenvalue weighted by atomic mass is 10.3. The summed E-state index contributed by atoms with van der Waals surface area (Å²) in [6.45, 7) is 1.36. The number of nitrogens with two attached hydrogens (primary N) is 1. The van der Waals surface area contributed by atoms with Gasteiger partial charge in [-0.25, -0.2) is 21.9 Å². The summed E-state index contributed by atoms with van der Waals surface area (Å²) in [4.78, 5) is -1.09. The largest absolute Gasteiger partial charge is 0.399 e. The Morgan fingerprint density at radius 3 is 2.26 bits per heavy atom. The van der Waals surface area contributed by atoms with E-state index in [-0.39, 0.29) is 12.2 Å². The van der Waals surface area contributed by atoms with E-state index in [4.69, 9.17) is 5.73 Å². The van der Waals surface area contributed by atoms with Gasteiger partial charge in [-0.3, -0.25) is 4.21 Å². The number of hydrogen-bond acceptors (Lipinski definition) is 4. The number of nitrogen functional groups attached to an aromatic ring is 1. The lowest BCUT2D eigenvalue weighted by molar-refractivity contribution is 0.515. The predicted octanol–water partition coefficient (Wildman–Crippen LogP) is 0.592. The minimum Gasteiger partial charge on any atom is -0.399 e. The Morgan fingerprint density at radius 1 is 1.37 bits per heavy atom. The molecule has 0 amide bonds. The second-order valence-electron chi connectivity index (χ2n) is 3.97. The second-order valence-corrected chi connectivity index (χ2v) is 7.48. The van der Waals surface area contributed by atoms with Gasteiger partial charge in [0.05, 0.1) is 0 Å². The number of benzene rings is 1. The molecule has 0 saturated carbocycles. The first kappa shape index (κ1) is 16.0. The van der Waals surface area contributed by atoms with Crippen molar-refractivity contribution in [2.75, 3.05) is 18.5 Å². The van der Waals surface area contributed by atoms with E-state index < -0.39 is 42.6 Å². The first-order valence-electron chi connectivity index (χ1n) is 5.21. The van der Waals surface area contributed by atoms with Crippen LogP contribution in [0, 0.1) is 11.6 Å². The maximum absolute atomic E-state index is 13.5. The lowest BCUT2D eigenvalue weighted by Gasteiger charge is -2.12. The fourth-order valence-corrected chi connectivity index (χ4v) is 2.92. The molecule has 5 nitrogen and oxygen atoms in total. The van der Waals surface area contributed by atoms with Crippen molar-refractivity contribution in [3.05, 3.63) is 23.8 Å². The maximum Gasteiger partial charge on any atom is 0.246 e. The summed E-state index contributed by atoms with van der Waals surface area (Å²) in [6.07, 6.45) is 1.41. The zero-order chi connectivity index (χ0) is 14.8. The van der Waals surface area contributed by atoms with Crippen molar-refractivity contribution >= 4 is 26.5 Å². The highest BCUT2D eigenvalue weighted by Crippen LogP contribution is 2.21. The fraction of sp³-hybridized carbons (Fsp3) is 0.400. The highest BCUT2D eigenvalue weighted by Gasteiger charge is 2.25. The van der Waals surface area contributed by atoms with Gasteiger partial charge >= 0.3 is 0 Å². The van der Waals surface area contributed by atoms with Gasteiger partial charge in [-0.15, -0.1) is 0 Å². The van der Waals surface area contributed by atoms with Crippen LogP contribution in [0.2, 0.25) is 0 Å². The molecule has 108 valence electrons. The Balaban J connectivity index is 3.05. The Bertz CT molecular complexity index is 582. The van der Waals surface area contributed by atoms with Crippen molar-refractivity contribution in [1.29, 1.82) is 0 Å². The first-order valence-corrected chi connectivity index (χ1v) is 8.32. The van der Waals surface area contributed by atoms with Gasteiger partial charge in [0.15, 0.2) is 4.90 Å². The standard InChI is InChI=1S/C10H14F2N2O3S2/c1-6(18(2)15)5-14-19(16,17)10-8(11)3-7(13)4-9(10)12/h3-4,6,14H,5,13H2,1-2H3. The topological polar surface area (TPSA) is 89.3 Å². The molecule has 1 aromatic carbocycles. The van der Waals surface area contributed by atoms with Crippen molar-refractivity contribution in [3.8, 4) is 0 Å². The molecule has 0 aromatic heterocycles. The van der Waals surface area contributed by atoms with E-state index in [2.05, 4.69) is 0 Å². The van der Waals surface area contributed by atoms with E-state index in [0.29, 0.717) is 0 Å². The van der Waals surface area contributed by atoms with Crippen LogP contribution in [0.4, 0.5) is 14.5 Å². The van der Waals surface area contributed by atoms with Crippen LogP contribution in [0.15, 0.2) is 17.0 Å². The fourth-order valence-electron chi connectivity index (χ4n) is 1.25. The van der Waals surface area contributed by atoms with E-state index in [1.54, 1.807) is 6.92 Å². The van der Waals surface area contributed by atoms with E-state index >= 15 is 0 Å². The van der Waals surface area contributed by atoms with Crippen LogP contribution in [-0.2, 0) is 20.8 Å². The van der Waals surface area contributed by atoms with Crippen molar-refractivity contribution in [1.82, 2.24) is 4.72 Å². The molecule has 1 rings (SSSR count). The highest BCUT2D eigenvalue weighted by atomic mass is 32.2. The normalized spacial score (nSPS) is 15.2. The molecular weight excluding hydrogens is 298 g/mol. The van der Waals surface area contributed by atoms with Crippen LogP contribution in [0.3, 0.4) is 0 Å². The molecule has 0 fully saturated rings. The van der Waals surface area contributed by atoms with Crippen LogP contribution in [0.5, 0.6) is 0 Å². The zero-order valence-corrected chi connectivity index (χ0v) is 11.9. The minimum absolute atomic E-state index is 0.186. The molecule has 0 aliphatic rings. The van der Waals surface area contributed by atoms with Crippen molar-refractivity contribution < 1.29 is 21.4 Å². The van der Waals surface area contributed by atoms with Crippen molar-refractivity contribution in [2.24, 2.45) is 0 Å². The molecule has 19 heavy (non-hydrogen) atoms. The number of rotatable bonds is 5. The van der Waals surface area contributed by atoms with Gasteiger partial charge in [0.1, 0.15) is 11.6 Å². The number of halogens is 2. The number of anilines is 1. The number of hydrogen-bond donors (Lipinski definition) is 2. The zero-order valence-electron chi connectivity index (χ0n) is 10.3. The van der Waals surface area contributed by atoms with Gasteiger partial charge in [0, 0.05) is 34.5 Å². The summed E-state index contributed by atoms with van der Waals surface area (Å²) in [5, 5.41) is -0.477. The molecule has 1 aromatic rings. The van der Waals surface area contributed by atoms with Gasteiger partial charge in [-0.2, -0.15) is 0 Å². The van der Waals surface area contributed by atoms with Crippen molar-refractivity contribution in [2.45, 2.75) is 17.1 Å². The molecule has 0 radical (unpaired) electrons. The summed E-state index contributed by atoms with van der Waals surface area (Å²) in [5.41, 5.74) is 4.99. The molecule has 2 atom stereocenters. The predicted molar refractivity (Wildman–Crippen MR) is 69.5 cm³/mol. The van der Waals surface area contributed by atoms with Gasteiger partial charge in [-0.05, 0) is 19.1 Å². The Morgan fingerprint density at radius 2 is 1.84 bits per heavy atom. The summed E-state index contributed by atoms with van der Waals surface area (Å²) >= 11 is 0. The van der Waals surface area contributed by atoms with Gasteiger partial charge in [-0.1, -0.05) is 0 Å². The molecular formula is C10H14F2N2O3S2. The summed E-state index contributed by atoms with van der Waals surface area (Å²) in [6, 6.07) is 1.44. The second kappa shape index (κ2) is 5.93. The van der Waals surface area contributed by atoms with Gasteiger partial charge in [0.25, 0.3) is 0 Å². The molecule has 0 bridgehead atoms. The van der Waals surface area contributed by atoms with Crippen LogP contribution in [0.1, 0.15) is 6.92 Å². The van der Waals surface area contributed by atoms with E-state index in [1.165, 1.54) is 6.26 Å². The Labute approximate surface area is 112 Å². The highest BCUT2D eigenvalue weighted by molar-refractivity contribution is 7.89. The maximum atomic E-state index is 13.5.